The van der Waals surface area contributed by atoms with E-state index >= 15 is 0 Å². The summed E-state index contributed by atoms with van der Waals surface area (Å²) in [5.74, 6) is -0.965. The minimum atomic E-state index is -0.802. The van der Waals surface area contributed by atoms with Crippen molar-refractivity contribution in [1.82, 2.24) is 19.9 Å². The van der Waals surface area contributed by atoms with E-state index in [1.807, 2.05) is 32.1 Å². The van der Waals surface area contributed by atoms with Crippen LogP contribution < -0.4 is 0 Å². The maximum atomic E-state index is 9.77. The van der Waals surface area contributed by atoms with E-state index in [1.54, 1.807) is 19.1 Å². The number of benzene rings is 1. The summed E-state index contributed by atoms with van der Waals surface area (Å²) in [6.45, 7) is 5.32. The first-order valence-electron chi connectivity index (χ1n) is 9.93. The van der Waals surface area contributed by atoms with Crippen LogP contribution in [-0.2, 0) is 0 Å². The molecule has 0 saturated heterocycles. The number of aromatic nitrogens is 4. The van der Waals surface area contributed by atoms with Gasteiger partial charge in [0.15, 0.2) is 22.8 Å². The van der Waals surface area contributed by atoms with Gasteiger partial charge in [-0.2, -0.15) is 31.6 Å². The molecule has 0 aliphatic rings. The fourth-order valence-corrected chi connectivity index (χ4v) is 3.34. The molecule has 0 radical (unpaired) electrons. The molecule has 0 spiro atoms. The Labute approximate surface area is 194 Å². The van der Waals surface area contributed by atoms with E-state index in [4.69, 9.17) is 0 Å². The smallest absolute Gasteiger partial charge is 0.177 e. The Hall–Kier alpha value is -5.49. The van der Waals surface area contributed by atoms with Gasteiger partial charge in [0.05, 0.1) is 17.3 Å². The van der Waals surface area contributed by atoms with Gasteiger partial charge < -0.3 is 0 Å². The van der Waals surface area contributed by atoms with E-state index in [9.17, 15) is 31.6 Å². The molecule has 3 aromatic rings. The molecule has 2 heterocycles. The summed E-state index contributed by atoms with van der Waals surface area (Å²) in [7, 11) is 0. The van der Waals surface area contributed by atoms with Crippen molar-refractivity contribution in [2.45, 2.75) is 27.2 Å². The third kappa shape index (κ3) is 3.68. The van der Waals surface area contributed by atoms with E-state index in [0.717, 1.165) is 0 Å². The average Bonchev–Trinajstić information content (AvgIpc) is 2.88. The zero-order chi connectivity index (χ0) is 25.0. The van der Waals surface area contributed by atoms with Gasteiger partial charge in [-0.15, -0.1) is 0 Å². The van der Waals surface area contributed by atoms with Gasteiger partial charge in [0.1, 0.15) is 58.5 Å². The number of fused-ring (bicyclic) bond motifs is 3. The number of nitrogens with zero attached hydrogens (tertiary/aromatic N) is 11. The summed E-state index contributed by atoms with van der Waals surface area (Å²) in [6.07, 6.45) is 0.633. The van der Waals surface area contributed by atoms with E-state index in [1.165, 1.54) is 0 Å². The highest BCUT2D eigenvalue weighted by molar-refractivity contribution is 6.11. The molecule has 2 atom stereocenters. The predicted molar refractivity (Wildman–Crippen MR) is 117 cm³/mol. The third-order valence-corrected chi connectivity index (χ3v) is 5.37. The molecular formula is C23H13N11. The van der Waals surface area contributed by atoms with Crippen molar-refractivity contribution in [3.63, 3.8) is 0 Å². The van der Waals surface area contributed by atoms with Gasteiger partial charge in [-0.25, -0.2) is 24.9 Å². The average molecular weight is 443 g/mol. The molecule has 11 heteroatoms. The van der Waals surface area contributed by atoms with E-state index < -0.39 is 5.92 Å². The first-order chi connectivity index (χ1) is 16.4. The Morgan fingerprint density at radius 1 is 0.765 bits per heavy atom. The molecule has 34 heavy (non-hydrogen) atoms. The SMILES string of the molecule is CCC(C)C(C#N)/C(C#N)=N\c1c(C)c2nc(C#N)c(C#N)nc2c2nc(C#N)c(C#N)nc12. The van der Waals surface area contributed by atoms with Crippen molar-refractivity contribution in [3.05, 3.63) is 28.3 Å². The lowest BCUT2D eigenvalue weighted by atomic mass is 9.89. The summed E-state index contributed by atoms with van der Waals surface area (Å²) in [6, 6.07) is 11.3. The third-order valence-electron chi connectivity index (χ3n) is 5.37. The zero-order valence-electron chi connectivity index (χ0n) is 18.3. The Bertz CT molecular complexity index is 1640. The number of nitriles is 6. The van der Waals surface area contributed by atoms with Crippen LogP contribution in [0.2, 0.25) is 0 Å². The second kappa shape index (κ2) is 9.33. The highest BCUT2D eigenvalue weighted by atomic mass is 14.9. The lowest BCUT2D eigenvalue weighted by molar-refractivity contribution is 0.513. The Kier molecular flexibility index (Phi) is 6.36. The fourth-order valence-electron chi connectivity index (χ4n) is 3.34. The maximum Gasteiger partial charge on any atom is 0.177 e. The molecule has 11 nitrogen and oxygen atoms in total. The molecule has 0 aliphatic heterocycles. The van der Waals surface area contributed by atoms with Crippen LogP contribution in [0.4, 0.5) is 5.69 Å². The van der Waals surface area contributed by atoms with Crippen molar-refractivity contribution in [2.24, 2.45) is 16.8 Å². The predicted octanol–water partition coefficient (Wildman–Crippen LogP) is 3.15. The van der Waals surface area contributed by atoms with Crippen molar-refractivity contribution in [3.8, 4) is 36.4 Å². The molecule has 0 bridgehead atoms. The molecular weight excluding hydrogens is 430 g/mol. The van der Waals surface area contributed by atoms with Crippen LogP contribution in [0.3, 0.4) is 0 Å². The van der Waals surface area contributed by atoms with Gasteiger partial charge in [-0.3, -0.25) is 0 Å². The van der Waals surface area contributed by atoms with E-state index in [0.29, 0.717) is 12.0 Å². The van der Waals surface area contributed by atoms with Crippen molar-refractivity contribution in [1.29, 1.82) is 31.6 Å². The van der Waals surface area contributed by atoms with Crippen LogP contribution in [0.5, 0.6) is 0 Å². The van der Waals surface area contributed by atoms with Crippen LogP contribution in [0, 0.1) is 86.7 Å². The number of hydrogen-bond acceptors (Lipinski definition) is 11. The molecule has 3 rings (SSSR count). The molecule has 0 N–H and O–H groups in total. The quantitative estimate of drug-likeness (QED) is 0.425. The first kappa shape index (κ1) is 23.2. The van der Waals surface area contributed by atoms with Crippen molar-refractivity contribution in [2.75, 3.05) is 0 Å². The van der Waals surface area contributed by atoms with Gasteiger partial charge in [-0.05, 0) is 12.8 Å². The molecule has 2 unspecified atom stereocenters. The second-order valence-electron chi connectivity index (χ2n) is 7.26. The largest absolute Gasteiger partial charge is 0.238 e. The van der Waals surface area contributed by atoms with Gasteiger partial charge >= 0.3 is 0 Å². The van der Waals surface area contributed by atoms with Gasteiger partial charge in [0.2, 0.25) is 0 Å². The molecule has 0 fully saturated rings. The minimum absolute atomic E-state index is 0.0257. The highest BCUT2D eigenvalue weighted by Crippen LogP contribution is 2.36. The summed E-state index contributed by atoms with van der Waals surface area (Å²) in [5.41, 5.74) is -0.250. The second-order valence-corrected chi connectivity index (χ2v) is 7.26. The normalized spacial score (nSPS) is 12.4. The molecule has 1 aromatic carbocycles. The number of rotatable bonds is 4. The Morgan fingerprint density at radius 3 is 1.62 bits per heavy atom. The molecule has 160 valence electrons. The lowest BCUT2D eigenvalue weighted by Gasteiger charge is -2.15. The van der Waals surface area contributed by atoms with Crippen LogP contribution in [0.1, 0.15) is 48.6 Å². The summed E-state index contributed by atoms with van der Waals surface area (Å²) in [5, 5.41) is 57.1. The number of aryl methyl sites for hydroxylation is 1. The van der Waals surface area contributed by atoms with Crippen LogP contribution in [-0.4, -0.2) is 25.6 Å². The Morgan fingerprint density at radius 2 is 1.21 bits per heavy atom. The van der Waals surface area contributed by atoms with Crippen molar-refractivity contribution >= 4 is 33.5 Å². The number of aliphatic imine (C=N–C) groups is 1. The minimum Gasteiger partial charge on any atom is -0.238 e. The van der Waals surface area contributed by atoms with Gasteiger partial charge in [0.25, 0.3) is 0 Å². The van der Waals surface area contributed by atoms with Gasteiger partial charge in [-0.1, -0.05) is 20.3 Å². The fraction of sp³-hybridized carbons (Fsp3) is 0.261. The molecule has 0 amide bonds. The topological polar surface area (TPSA) is 207 Å². The maximum absolute atomic E-state index is 9.77. The Balaban J connectivity index is 2.59. The van der Waals surface area contributed by atoms with E-state index in [-0.39, 0.29) is 62.2 Å². The number of hydrogen-bond donors (Lipinski definition) is 0. The molecule has 0 saturated carbocycles. The highest BCUT2D eigenvalue weighted by Gasteiger charge is 2.25. The molecule has 2 aromatic heterocycles. The van der Waals surface area contributed by atoms with Crippen molar-refractivity contribution < 1.29 is 0 Å². The zero-order valence-corrected chi connectivity index (χ0v) is 18.3. The van der Waals surface area contributed by atoms with E-state index in [2.05, 4.69) is 31.0 Å². The summed E-state index contributed by atoms with van der Waals surface area (Å²) < 4.78 is 0. The lowest BCUT2D eigenvalue weighted by Crippen LogP contribution is -2.18. The standard InChI is InChI=1S/C23H13N11/c1-4-11(2)13(5-24)14(6-25)30-19-12(3)20-22(32-16(8-27)15(7-26)31-20)23-21(19)33-17(9-28)18(10-29)34-23/h11,13H,4H2,1-3H3/b30-14-. The van der Waals surface area contributed by atoms with Crippen LogP contribution in [0.15, 0.2) is 4.99 Å². The summed E-state index contributed by atoms with van der Waals surface area (Å²) in [4.78, 5) is 21.4. The van der Waals surface area contributed by atoms with Crippen LogP contribution in [0.25, 0.3) is 22.1 Å². The monoisotopic (exact) mass is 443 g/mol. The molecule has 0 aliphatic carbocycles. The van der Waals surface area contributed by atoms with Gasteiger partial charge in [0, 0.05) is 5.56 Å². The first-order valence-corrected chi connectivity index (χ1v) is 9.93. The van der Waals surface area contributed by atoms with Crippen LogP contribution >= 0.6 is 0 Å². The summed E-state index contributed by atoms with van der Waals surface area (Å²) >= 11 is 0.